The number of hydrogen-bond donors (Lipinski definition) is 0. The molecule has 5 aromatic rings. The van der Waals surface area contributed by atoms with Gasteiger partial charge in [-0.05, 0) is 36.4 Å². The Morgan fingerprint density at radius 3 is 2.23 bits per heavy atom. The van der Waals surface area contributed by atoms with Gasteiger partial charge in [-0.1, -0.05) is 42.5 Å². The van der Waals surface area contributed by atoms with Gasteiger partial charge >= 0.3 is 0 Å². The number of ether oxygens (including phenoxy) is 3. The van der Waals surface area contributed by atoms with Crippen molar-refractivity contribution in [2.45, 2.75) is 11.7 Å². The van der Waals surface area contributed by atoms with Gasteiger partial charge in [0.25, 0.3) is 5.16 Å². The van der Waals surface area contributed by atoms with Crippen molar-refractivity contribution in [1.82, 2.24) is 19.2 Å². The highest BCUT2D eigenvalue weighted by Crippen LogP contribution is 2.27. The van der Waals surface area contributed by atoms with Gasteiger partial charge in [-0.25, -0.2) is 12.8 Å². The van der Waals surface area contributed by atoms with Gasteiger partial charge in [0, 0.05) is 0 Å². The van der Waals surface area contributed by atoms with Gasteiger partial charge < -0.3 is 18.8 Å². The standard InChI is InChI=1S/C25H24N4O5S/c1-32-22-13-7-8-14-23(22)34-17-18-35(30,31)25-27-26-24-28(15-16-33-19-9-3-2-4-10-19)20-11-5-6-12-21(20)29(24)25/h2-14H,15-18H2,1H3. The molecule has 0 aliphatic heterocycles. The monoisotopic (exact) mass is 492 g/mol. The van der Waals surface area contributed by atoms with E-state index >= 15 is 0 Å². The third-order valence-electron chi connectivity index (χ3n) is 5.55. The van der Waals surface area contributed by atoms with Crippen LogP contribution in [-0.4, -0.2) is 53.7 Å². The molecule has 5 rings (SSSR count). The van der Waals surface area contributed by atoms with Gasteiger partial charge in [0.05, 0.1) is 30.4 Å². The van der Waals surface area contributed by atoms with Gasteiger partial charge in [0.2, 0.25) is 15.6 Å². The van der Waals surface area contributed by atoms with Gasteiger partial charge in [-0.3, -0.25) is 0 Å². The van der Waals surface area contributed by atoms with Gasteiger partial charge in [-0.15, -0.1) is 10.2 Å². The Morgan fingerprint density at radius 1 is 0.771 bits per heavy atom. The third-order valence-corrected chi connectivity index (χ3v) is 7.08. The number of para-hydroxylation sites is 5. The number of rotatable bonds is 10. The minimum Gasteiger partial charge on any atom is -0.493 e. The molecule has 2 heterocycles. The van der Waals surface area contributed by atoms with Crippen LogP contribution in [0.15, 0.2) is 84.0 Å². The number of benzene rings is 3. The molecule has 9 nitrogen and oxygen atoms in total. The van der Waals surface area contributed by atoms with Crippen LogP contribution in [0.1, 0.15) is 0 Å². The molecule has 10 heteroatoms. The Hall–Kier alpha value is -4.05. The first kappa shape index (κ1) is 22.7. The maximum absolute atomic E-state index is 13.2. The lowest BCUT2D eigenvalue weighted by Crippen LogP contribution is -2.17. The number of hydrogen-bond acceptors (Lipinski definition) is 7. The summed E-state index contributed by atoms with van der Waals surface area (Å²) in [6, 6.07) is 24.1. The fraction of sp³-hybridized carbons (Fsp3) is 0.200. The number of fused-ring (bicyclic) bond motifs is 3. The molecule has 0 spiro atoms. The predicted octanol–water partition coefficient (Wildman–Crippen LogP) is 3.62. The summed E-state index contributed by atoms with van der Waals surface area (Å²) in [7, 11) is -2.26. The van der Waals surface area contributed by atoms with E-state index in [-0.39, 0.29) is 17.5 Å². The average molecular weight is 493 g/mol. The minimum absolute atomic E-state index is 0.0544. The largest absolute Gasteiger partial charge is 0.493 e. The number of aromatic nitrogens is 4. The van der Waals surface area contributed by atoms with E-state index in [2.05, 4.69) is 10.2 Å². The third kappa shape index (κ3) is 4.52. The second-order valence-corrected chi connectivity index (χ2v) is 9.74. The van der Waals surface area contributed by atoms with Crippen molar-refractivity contribution in [1.29, 1.82) is 0 Å². The molecular weight excluding hydrogens is 468 g/mol. The highest BCUT2D eigenvalue weighted by Gasteiger charge is 2.26. The summed E-state index contributed by atoms with van der Waals surface area (Å²) in [5.41, 5.74) is 1.55. The van der Waals surface area contributed by atoms with Crippen molar-refractivity contribution in [3.8, 4) is 17.2 Å². The summed E-state index contributed by atoms with van der Waals surface area (Å²) >= 11 is 0. The molecule has 0 radical (unpaired) electrons. The van der Waals surface area contributed by atoms with Crippen LogP contribution in [-0.2, 0) is 16.4 Å². The van der Waals surface area contributed by atoms with E-state index in [0.717, 1.165) is 11.3 Å². The molecule has 0 fully saturated rings. The summed E-state index contributed by atoms with van der Waals surface area (Å²) in [5, 5.41) is 8.15. The van der Waals surface area contributed by atoms with Crippen LogP contribution in [0.2, 0.25) is 0 Å². The molecule has 0 saturated carbocycles. The van der Waals surface area contributed by atoms with Crippen molar-refractivity contribution in [2.24, 2.45) is 0 Å². The zero-order chi connectivity index (χ0) is 24.3. The summed E-state index contributed by atoms with van der Waals surface area (Å²) < 4.78 is 46.7. The zero-order valence-corrected chi connectivity index (χ0v) is 19.9. The maximum Gasteiger partial charge on any atom is 0.256 e. The molecule has 0 atom stereocenters. The first-order valence-electron chi connectivity index (χ1n) is 11.1. The van der Waals surface area contributed by atoms with Gasteiger partial charge in [0.15, 0.2) is 11.5 Å². The zero-order valence-electron chi connectivity index (χ0n) is 19.1. The fourth-order valence-electron chi connectivity index (χ4n) is 3.92. The topological polar surface area (TPSA) is 97.0 Å². The van der Waals surface area contributed by atoms with Crippen molar-refractivity contribution >= 4 is 26.6 Å². The Balaban J connectivity index is 1.40. The molecule has 2 aromatic heterocycles. The lowest BCUT2D eigenvalue weighted by molar-refractivity contribution is 0.301. The average Bonchev–Trinajstić information content (AvgIpc) is 3.45. The first-order valence-corrected chi connectivity index (χ1v) is 12.7. The van der Waals surface area contributed by atoms with Crippen molar-refractivity contribution in [2.75, 3.05) is 26.1 Å². The quantitative estimate of drug-likeness (QED) is 0.294. The van der Waals surface area contributed by atoms with E-state index in [4.69, 9.17) is 14.2 Å². The van der Waals surface area contributed by atoms with Crippen LogP contribution >= 0.6 is 0 Å². The number of imidazole rings is 1. The van der Waals surface area contributed by atoms with Crippen LogP contribution in [0.25, 0.3) is 16.8 Å². The number of nitrogens with zero attached hydrogens (tertiary/aromatic N) is 4. The molecule has 0 saturated heterocycles. The van der Waals surface area contributed by atoms with E-state index in [1.807, 2.05) is 65.2 Å². The number of methoxy groups -OCH3 is 1. The van der Waals surface area contributed by atoms with Crippen LogP contribution in [0, 0.1) is 0 Å². The van der Waals surface area contributed by atoms with E-state index in [1.165, 1.54) is 7.11 Å². The molecular formula is C25H24N4O5S. The smallest absolute Gasteiger partial charge is 0.256 e. The van der Waals surface area contributed by atoms with Crippen molar-refractivity contribution in [3.63, 3.8) is 0 Å². The lowest BCUT2D eigenvalue weighted by atomic mass is 10.3. The summed E-state index contributed by atoms with van der Waals surface area (Å²) in [4.78, 5) is 0. The lowest BCUT2D eigenvalue weighted by Gasteiger charge is -2.10. The second kappa shape index (κ2) is 9.67. The van der Waals surface area contributed by atoms with Crippen LogP contribution in [0.5, 0.6) is 17.2 Å². The Morgan fingerprint density at radius 2 is 1.46 bits per heavy atom. The van der Waals surface area contributed by atoms with E-state index in [9.17, 15) is 8.42 Å². The molecule has 0 bridgehead atoms. The maximum atomic E-state index is 13.2. The van der Waals surface area contributed by atoms with E-state index in [1.54, 1.807) is 22.6 Å². The normalized spacial score (nSPS) is 11.7. The molecule has 0 amide bonds. The Kier molecular flexibility index (Phi) is 6.28. The molecule has 0 aliphatic carbocycles. The van der Waals surface area contributed by atoms with Crippen LogP contribution in [0.3, 0.4) is 0 Å². The first-order chi connectivity index (χ1) is 17.1. The number of sulfone groups is 1. The molecule has 35 heavy (non-hydrogen) atoms. The molecule has 180 valence electrons. The van der Waals surface area contributed by atoms with E-state index in [0.29, 0.717) is 35.9 Å². The van der Waals surface area contributed by atoms with Crippen LogP contribution < -0.4 is 14.2 Å². The van der Waals surface area contributed by atoms with E-state index < -0.39 is 9.84 Å². The Bertz CT molecular complexity index is 1560. The highest BCUT2D eigenvalue weighted by atomic mass is 32.2. The second-order valence-electron chi connectivity index (χ2n) is 7.74. The molecule has 0 N–H and O–H groups in total. The van der Waals surface area contributed by atoms with Crippen LogP contribution in [0.4, 0.5) is 0 Å². The van der Waals surface area contributed by atoms with Crippen molar-refractivity contribution in [3.05, 3.63) is 78.9 Å². The fourth-order valence-corrected chi connectivity index (χ4v) is 5.03. The SMILES string of the molecule is COc1ccccc1OCCS(=O)(=O)c1nnc2n(CCOc3ccccc3)c3ccccc3n12. The van der Waals surface area contributed by atoms with Crippen molar-refractivity contribution < 1.29 is 22.6 Å². The summed E-state index contributed by atoms with van der Waals surface area (Å²) in [5.74, 6) is 1.96. The summed E-state index contributed by atoms with van der Waals surface area (Å²) in [6.07, 6.45) is 0. The molecule has 3 aromatic carbocycles. The summed E-state index contributed by atoms with van der Waals surface area (Å²) in [6.45, 7) is 0.808. The highest BCUT2D eigenvalue weighted by molar-refractivity contribution is 7.91. The predicted molar refractivity (Wildman–Crippen MR) is 131 cm³/mol. The van der Waals surface area contributed by atoms with Gasteiger partial charge in [-0.2, -0.15) is 0 Å². The Labute approximate surface area is 202 Å². The molecule has 0 unspecified atom stereocenters. The minimum atomic E-state index is -3.80. The van der Waals surface area contributed by atoms with Gasteiger partial charge in [0.1, 0.15) is 19.0 Å². The molecule has 0 aliphatic rings.